The van der Waals surface area contributed by atoms with Crippen molar-refractivity contribution in [1.29, 1.82) is 0 Å². The van der Waals surface area contributed by atoms with E-state index in [4.69, 9.17) is 4.52 Å². The topological polar surface area (TPSA) is 46.3 Å². The normalized spacial score (nSPS) is 17.2. The molecule has 0 aliphatic carbocycles. The van der Waals surface area contributed by atoms with Gasteiger partial charge >= 0.3 is 0 Å². The van der Waals surface area contributed by atoms with Crippen LogP contribution in [0.15, 0.2) is 47.0 Å². The first kappa shape index (κ1) is 16.0. The lowest BCUT2D eigenvalue weighted by Gasteiger charge is -2.21. The Hall–Kier alpha value is -2.47. The molecule has 0 bridgehead atoms. The number of rotatable bonds is 3. The van der Waals surface area contributed by atoms with Gasteiger partial charge in [0.2, 0.25) is 0 Å². The zero-order valence-electron chi connectivity index (χ0n) is 13.7. The maximum absolute atomic E-state index is 14.0. The summed E-state index contributed by atoms with van der Waals surface area (Å²) >= 11 is 1.32. The maximum Gasteiger partial charge on any atom is 0.264 e. The first-order valence-electron chi connectivity index (χ1n) is 8.22. The fourth-order valence-electron chi connectivity index (χ4n) is 3.25. The minimum atomic E-state index is -0.278. The Morgan fingerprint density at radius 3 is 2.92 bits per heavy atom. The van der Waals surface area contributed by atoms with E-state index in [9.17, 15) is 9.18 Å². The van der Waals surface area contributed by atoms with Crippen LogP contribution in [0, 0.1) is 12.7 Å². The number of halogens is 1. The molecule has 0 saturated carbocycles. The minimum Gasteiger partial charge on any atom is -0.359 e. The fourth-order valence-corrected chi connectivity index (χ4v) is 4.24. The summed E-state index contributed by atoms with van der Waals surface area (Å²) in [6, 6.07) is 12.0. The molecule has 0 unspecified atom stereocenters. The van der Waals surface area contributed by atoms with E-state index in [-0.39, 0.29) is 17.8 Å². The predicted octanol–water partition coefficient (Wildman–Crippen LogP) is 4.83. The predicted molar refractivity (Wildman–Crippen MR) is 94.0 cm³/mol. The average molecular weight is 356 g/mol. The third kappa shape index (κ3) is 2.98. The van der Waals surface area contributed by atoms with E-state index < -0.39 is 0 Å². The van der Waals surface area contributed by atoms with E-state index in [1.165, 1.54) is 17.4 Å². The molecule has 1 aliphatic heterocycles. The molecule has 6 heteroatoms. The molecule has 1 atom stereocenters. The fraction of sp³-hybridized carbons (Fsp3) is 0.263. The van der Waals surface area contributed by atoms with Crippen LogP contribution in [0.25, 0.3) is 10.4 Å². The van der Waals surface area contributed by atoms with Gasteiger partial charge in [-0.2, -0.15) is 0 Å². The Bertz CT molecular complexity index is 918. The van der Waals surface area contributed by atoms with Crippen LogP contribution in [0.4, 0.5) is 4.39 Å². The van der Waals surface area contributed by atoms with Gasteiger partial charge in [-0.3, -0.25) is 4.79 Å². The largest absolute Gasteiger partial charge is 0.359 e. The number of carbonyl (C=O) groups is 1. The summed E-state index contributed by atoms with van der Waals surface area (Å²) < 4.78 is 19.3. The summed E-state index contributed by atoms with van der Waals surface area (Å²) in [7, 11) is 0. The average Bonchev–Trinajstić information content (AvgIpc) is 3.34. The monoisotopic (exact) mass is 356 g/mol. The lowest BCUT2D eigenvalue weighted by Crippen LogP contribution is -2.29. The van der Waals surface area contributed by atoms with Gasteiger partial charge in [-0.15, -0.1) is 11.3 Å². The molecule has 4 rings (SSSR count). The number of amides is 1. The molecule has 0 radical (unpaired) electrons. The first-order chi connectivity index (χ1) is 12.1. The summed E-state index contributed by atoms with van der Waals surface area (Å²) in [5.74, 6) is 0.415. The molecule has 1 fully saturated rings. The van der Waals surface area contributed by atoms with Gasteiger partial charge in [0.1, 0.15) is 5.82 Å². The number of carbonyl (C=O) groups excluding carboxylic acids is 1. The van der Waals surface area contributed by atoms with Crippen molar-refractivity contribution < 1.29 is 13.7 Å². The first-order valence-corrected chi connectivity index (χ1v) is 9.04. The number of likely N-dealkylation sites (tertiary alicyclic amines) is 1. The quantitative estimate of drug-likeness (QED) is 0.675. The molecule has 1 aliphatic rings. The summed E-state index contributed by atoms with van der Waals surface area (Å²) in [6.07, 6.45) is 1.80. The molecule has 1 saturated heterocycles. The van der Waals surface area contributed by atoms with Crippen LogP contribution in [-0.4, -0.2) is 22.5 Å². The van der Waals surface area contributed by atoms with E-state index in [0.29, 0.717) is 17.0 Å². The smallest absolute Gasteiger partial charge is 0.264 e. The second-order valence-electron chi connectivity index (χ2n) is 6.17. The molecule has 3 aromatic rings. The van der Waals surface area contributed by atoms with Gasteiger partial charge in [-0.25, -0.2) is 4.39 Å². The molecular weight excluding hydrogens is 339 g/mol. The van der Waals surface area contributed by atoms with E-state index in [0.717, 1.165) is 29.2 Å². The third-order valence-corrected chi connectivity index (χ3v) is 5.55. The Labute approximate surface area is 148 Å². The summed E-state index contributed by atoms with van der Waals surface area (Å²) in [4.78, 5) is 16.1. The number of aryl methyl sites for hydroxylation is 1. The summed E-state index contributed by atoms with van der Waals surface area (Å²) in [5.41, 5.74) is 1.34. The van der Waals surface area contributed by atoms with E-state index in [2.05, 4.69) is 5.16 Å². The Morgan fingerprint density at radius 2 is 2.16 bits per heavy atom. The summed E-state index contributed by atoms with van der Waals surface area (Å²) in [5, 5.41) is 3.93. The molecule has 1 amide bonds. The SMILES string of the molecule is Cc1cc([C@H]2CCCN2C(=O)c2ccc(-c3ccccc3F)s2)on1. The molecule has 4 nitrogen and oxygen atoms in total. The zero-order chi connectivity index (χ0) is 17.4. The lowest BCUT2D eigenvalue weighted by molar-refractivity contribution is 0.0719. The van der Waals surface area contributed by atoms with Crippen molar-refractivity contribution in [2.75, 3.05) is 6.54 Å². The number of aromatic nitrogens is 1. The number of nitrogens with zero attached hydrogens (tertiary/aromatic N) is 2. The van der Waals surface area contributed by atoms with Gasteiger partial charge < -0.3 is 9.42 Å². The Kier molecular flexibility index (Phi) is 4.13. The van der Waals surface area contributed by atoms with Gasteiger partial charge in [0.25, 0.3) is 5.91 Å². The van der Waals surface area contributed by atoms with Crippen molar-refractivity contribution in [3.8, 4) is 10.4 Å². The van der Waals surface area contributed by atoms with Crippen LogP contribution in [0.3, 0.4) is 0 Å². The number of hydrogen-bond acceptors (Lipinski definition) is 4. The van der Waals surface area contributed by atoms with Gasteiger partial charge in [-0.05, 0) is 38.0 Å². The van der Waals surface area contributed by atoms with Crippen molar-refractivity contribution in [2.24, 2.45) is 0 Å². The van der Waals surface area contributed by atoms with Crippen molar-refractivity contribution in [2.45, 2.75) is 25.8 Å². The van der Waals surface area contributed by atoms with Gasteiger partial charge in [-0.1, -0.05) is 23.4 Å². The van der Waals surface area contributed by atoms with Gasteiger partial charge in [0, 0.05) is 23.1 Å². The maximum atomic E-state index is 14.0. The third-order valence-electron chi connectivity index (χ3n) is 4.44. The van der Waals surface area contributed by atoms with Crippen molar-refractivity contribution in [3.05, 3.63) is 64.6 Å². The second kappa shape index (κ2) is 6.44. The molecule has 0 spiro atoms. The molecule has 1 aromatic carbocycles. The molecule has 25 heavy (non-hydrogen) atoms. The standard InChI is InChI=1S/C19H17FN2O2S/c1-12-11-16(24-21-12)15-7-4-10-22(15)19(23)18-9-8-17(25-18)13-5-2-3-6-14(13)20/h2-3,5-6,8-9,11,15H,4,7,10H2,1H3/t15-/m1/s1. The molecule has 0 N–H and O–H groups in total. The Morgan fingerprint density at radius 1 is 1.32 bits per heavy atom. The van der Waals surface area contributed by atoms with Crippen LogP contribution < -0.4 is 0 Å². The Balaban J connectivity index is 1.60. The van der Waals surface area contributed by atoms with Gasteiger partial charge in [0.15, 0.2) is 5.76 Å². The van der Waals surface area contributed by atoms with Crippen molar-refractivity contribution >= 4 is 17.2 Å². The van der Waals surface area contributed by atoms with E-state index in [1.54, 1.807) is 30.3 Å². The molecule has 2 aromatic heterocycles. The number of hydrogen-bond donors (Lipinski definition) is 0. The van der Waals surface area contributed by atoms with Crippen molar-refractivity contribution in [1.82, 2.24) is 10.1 Å². The number of benzene rings is 1. The molecule has 3 heterocycles. The van der Waals surface area contributed by atoms with Crippen LogP contribution in [0.5, 0.6) is 0 Å². The van der Waals surface area contributed by atoms with Crippen molar-refractivity contribution in [3.63, 3.8) is 0 Å². The highest BCUT2D eigenvalue weighted by atomic mass is 32.1. The van der Waals surface area contributed by atoms with Gasteiger partial charge in [0.05, 0.1) is 16.6 Å². The second-order valence-corrected chi connectivity index (χ2v) is 7.25. The van der Waals surface area contributed by atoms with Crippen LogP contribution >= 0.6 is 11.3 Å². The van der Waals surface area contributed by atoms with E-state index in [1.807, 2.05) is 17.9 Å². The highest BCUT2D eigenvalue weighted by Gasteiger charge is 2.33. The highest BCUT2D eigenvalue weighted by molar-refractivity contribution is 7.17. The van der Waals surface area contributed by atoms with E-state index >= 15 is 0 Å². The highest BCUT2D eigenvalue weighted by Crippen LogP contribution is 2.36. The lowest BCUT2D eigenvalue weighted by atomic mass is 10.1. The van der Waals surface area contributed by atoms with Crippen LogP contribution in [-0.2, 0) is 0 Å². The summed E-state index contributed by atoms with van der Waals surface area (Å²) in [6.45, 7) is 2.56. The molecule has 128 valence electrons. The molecular formula is C19H17FN2O2S. The van der Waals surface area contributed by atoms with Crippen LogP contribution in [0.1, 0.15) is 40.0 Å². The zero-order valence-corrected chi connectivity index (χ0v) is 14.6. The van der Waals surface area contributed by atoms with Crippen LogP contribution in [0.2, 0.25) is 0 Å². The minimum absolute atomic E-state index is 0.0378. The number of thiophene rings is 1.